The van der Waals surface area contributed by atoms with Gasteiger partial charge in [-0.1, -0.05) is 224 Å². The molecule has 2 aliphatic heterocycles. The Labute approximate surface area is 463 Å². The van der Waals surface area contributed by atoms with E-state index in [1.807, 2.05) is 26.0 Å². The van der Waals surface area contributed by atoms with Crippen LogP contribution in [0.2, 0.25) is 10.1 Å². The van der Waals surface area contributed by atoms with Gasteiger partial charge in [-0.15, -0.1) is 0 Å². The molecular weight excluding hydrogens is 1000 g/mol. The van der Waals surface area contributed by atoms with Gasteiger partial charge < -0.3 is 37.3 Å². The molecule has 78 heavy (non-hydrogen) atoms. The number of benzene rings is 8. The smallest absolute Gasteiger partial charge is 0.261 e. The van der Waals surface area contributed by atoms with Crippen molar-refractivity contribution in [3.8, 4) is 22.6 Å². The monoisotopic (exact) mass is 1070 g/mol. The third-order valence-electron chi connectivity index (χ3n) is 15.2. The zero-order valence-corrected chi connectivity index (χ0v) is 48.3. The molecule has 0 unspecified atom stereocenters. The van der Waals surface area contributed by atoms with Crippen LogP contribution in [0.3, 0.4) is 0 Å². The molecule has 2 heterocycles. The third-order valence-corrected chi connectivity index (χ3v) is 25.3. The van der Waals surface area contributed by atoms with Crippen molar-refractivity contribution in [3.05, 3.63) is 218 Å². The van der Waals surface area contributed by atoms with Crippen molar-refractivity contribution in [3.63, 3.8) is 0 Å². The van der Waals surface area contributed by atoms with Crippen molar-refractivity contribution >= 4 is 58.9 Å². The third kappa shape index (κ3) is 11.1. The van der Waals surface area contributed by atoms with E-state index in [4.69, 9.17) is 37.3 Å². The van der Waals surface area contributed by atoms with Crippen LogP contribution >= 0.6 is 0 Å². The van der Waals surface area contributed by atoms with Gasteiger partial charge in [0.25, 0.3) is 16.6 Å². The Morgan fingerprint density at radius 2 is 0.705 bits per heavy atom. The van der Waals surface area contributed by atoms with Crippen LogP contribution < -0.4 is 30.2 Å². The first-order chi connectivity index (χ1) is 37.8. The van der Waals surface area contributed by atoms with Crippen LogP contribution in [0.25, 0.3) is 32.7 Å². The Kier molecular flexibility index (Phi) is 16.8. The van der Waals surface area contributed by atoms with Gasteiger partial charge in [0.15, 0.2) is 12.6 Å². The maximum absolute atomic E-state index is 7.58. The molecule has 402 valence electrons. The summed E-state index contributed by atoms with van der Waals surface area (Å²) in [5, 5.41) is 8.43. The van der Waals surface area contributed by atoms with Crippen LogP contribution in [0.1, 0.15) is 55.4 Å². The molecule has 10 rings (SSSR count). The molecule has 0 saturated heterocycles. The van der Waals surface area contributed by atoms with Crippen LogP contribution in [-0.2, 0) is 27.8 Å². The fraction of sp³-hybridized carbons (Fsp3) is 0.294. The van der Waals surface area contributed by atoms with Crippen molar-refractivity contribution < 1.29 is 37.3 Å². The molecule has 10 heteroatoms. The lowest BCUT2D eigenvalue weighted by Crippen LogP contribution is -2.67. The van der Waals surface area contributed by atoms with Crippen LogP contribution in [0.5, 0.6) is 11.5 Å². The fourth-order valence-corrected chi connectivity index (χ4v) is 20.8. The molecule has 0 N–H and O–H groups in total. The van der Waals surface area contributed by atoms with E-state index >= 15 is 0 Å². The molecule has 0 aromatic heterocycles. The van der Waals surface area contributed by atoms with E-state index in [0.717, 1.165) is 32.7 Å². The second-order valence-electron chi connectivity index (χ2n) is 22.2. The minimum atomic E-state index is -2.98. The molecule has 6 atom stereocenters. The standard InChI is InChI=1S/C68H74O8Si2/c1-9-69-63-45-43-57(61(75-63)47-71-77(67(3,4)5,51-29-15-11-16-30-51)52-31-17-12-18-32-52)73-59-41-39-49-27-23-25-37-55(49)65(59)66-56-38-26-24-28-50(56)40-42-60(66)74-58-44-46-64(70-10-2)76-62(58)48-72-78(68(6,7)8,53-33-19-13-20-34-53)54-35-21-14-22-36-54/h11-46,57-58,61-64H,9-10,47-48H2,1-8H3/t57-,58-,61+,62+,63-,64-/m0/s1. The lowest BCUT2D eigenvalue weighted by molar-refractivity contribution is -0.173. The van der Waals surface area contributed by atoms with Crippen molar-refractivity contribution in [2.24, 2.45) is 0 Å². The molecule has 8 aromatic rings. The lowest BCUT2D eigenvalue weighted by atomic mass is 9.92. The summed E-state index contributed by atoms with van der Waals surface area (Å²) >= 11 is 0. The first kappa shape index (κ1) is 54.9. The summed E-state index contributed by atoms with van der Waals surface area (Å²) in [6.45, 7) is 19.2. The summed E-state index contributed by atoms with van der Waals surface area (Å²) in [5.41, 5.74) is 1.81. The van der Waals surface area contributed by atoms with E-state index in [9.17, 15) is 0 Å². The van der Waals surface area contributed by atoms with Crippen molar-refractivity contribution in [1.82, 2.24) is 0 Å². The van der Waals surface area contributed by atoms with E-state index in [2.05, 4.69) is 248 Å². The molecule has 0 amide bonds. The maximum atomic E-state index is 7.58. The Morgan fingerprint density at radius 3 is 1.03 bits per heavy atom. The predicted octanol–water partition coefficient (Wildman–Crippen LogP) is 12.9. The highest BCUT2D eigenvalue weighted by atomic mass is 28.4. The van der Waals surface area contributed by atoms with Gasteiger partial charge in [0.1, 0.15) is 35.9 Å². The molecule has 0 fully saturated rings. The molecule has 0 radical (unpaired) electrons. The van der Waals surface area contributed by atoms with E-state index in [1.54, 1.807) is 0 Å². The normalized spacial score (nSPS) is 20.0. The second kappa shape index (κ2) is 23.9. The first-order valence-electron chi connectivity index (χ1n) is 27.6. The Balaban J connectivity index is 1.06. The highest BCUT2D eigenvalue weighted by Crippen LogP contribution is 2.47. The van der Waals surface area contributed by atoms with Crippen molar-refractivity contribution in [1.29, 1.82) is 0 Å². The number of hydrogen-bond acceptors (Lipinski definition) is 8. The molecule has 0 spiro atoms. The summed E-state index contributed by atoms with van der Waals surface area (Å²) in [6, 6.07) is 68.3. The van der Waals surface area contributed by atoms with Gasteiger partial charge in [0.2, 0.25) is 0 Å². The lowest BCUT2D eigenvalue weighted by Gasteiger charge is -2.44. The Bertz CT molecular complexity index is 3000. The van der Waals surface area contributed by atoms with Crippen LogP contribution in [-0.4, -0.2) is 80.1 Å². The zero-order chi connectivity index (χ0) is 54.3. The van der Waals surface area contributed by atoms with Crippen LogP contribution in [0.4, 0.5) is 0 Å². The zero-order valence-electron chi connectivity index (χ0n) is 46.3. The second-order valence-corrected chi connectivity index (χ2v) is 30.8. The first-order valence-corrected chi connectivity index (χ1v) is 31.4. The number of rotatable bonds is 19. The summed E-state index contributed by atoms with van der Waals surface area (Å²) in [4.78, 5) is 0. The highest BCUT2D eigenvalue weighted by Gasteiger charge is 2.52. The molecule has 0 saturated carbocycles. The molecule has 8 nitrogen and oxygen atoms in total. The van der Waals surface area contributed by atoms with E-state index in [1.165, 1.54) is 20.7 Å². The fourth-order valence-electron chi connectivity index (χ4n) is 11.7. The summed E-state index contributed by atoms with van der Waals surface area (Å²) < 4.78 is 56.1. The van der Waals surface area contributed by atoms with Gasteiger partial charge in [-0.05, 0) is 103 Å². The quantitative estimate of drug-likeness (QED) is 0.0586. The molecule has 2 aliphatic rings. The minimum absolute atomic E-state index is 0.249. The SMILES string of the molecule is CCO[C@@H]1C=C[C@H](Oc2ccc3ccccc3c2-c2c(O[C@H]3C=C[C@@H](OCC)O[C@@H]3CO[Si](c3ccccc3)(c3ccccc3)C(C)(C)C)ccc3ccccc23)[C@@H](CO[Si](c2ccccc2)(c2ccccc2)C(C)(C)C)O1. The summed E-state index contributed by atoms with van der Waals surface area (Å²) in [6.07, 6.45) is 4.72. The van der Waals surface area contributed by atoms with E-state index in [0.29, 0.717) is 24.7 Å². The van der Waals surface area contributed by atoms with Crippen molar-refractivity contribution in [2.45, 2.75) is 102 Å². The highest BCUT2D eigenvalue weighted by molar-refractivity contribution is 7.00. The maximum Gasteiger partial charge on any atom is 0.261 e. The number of hydrogen-bond donors (Lipinski definition) is 0. The molecular formula is C68H74O8Si2. The molecule has 0 bridgehead atoms. The Hall–Kier alpha value is -6.45. The summed E-state index contributed by atoms with van der Waals surface area (Å²) in [5.74, 6) is 1.36. The molecule has 0 aliphatic carbocycles. The van der Waals surface area contributed by atoms with Gasteiger partial charge >= 0.3 is 0 Å². The van der Waals surface area contributed by atoms with Gasteiger partial charge in [0.05, 0.1) is 13.2 Å². The topological polar surface area (TPSA) is 73.8 Å². The number of fused-ring (bicyclic) bond motifs is 2. The average Bonchev–Trinajstić information content (AvgIpc) is 3.55. The largest absolute Gasteiger partial charge is 0.483 e. The van der Waals surface area contributed by atoms with Crippen LogP contribution in [0.15, 0.2) is 218 Å². The summed E-state index contributed by atoms with van der Waals surface area (Å²) in [7, 11) is -5.96. The average molecular weight is 1080 g/mol. The van der Waals surface area contributed by atoms with E-state index in [-0.39, 0.29) is 23.3 Å². The Morgan fingerprint density at radius 1 is 0.385 bits per heavy atom. The van der Waals surface area contributed by atoms with Gasteiger partial charge in [-0.3, -0.25) is 0 Å². The minimum Gasteiger partial charge on any atom is -0.483 e. The van der Waals surface area contributed by atoms with E-state index < -0.39 is 53.6 Å². The molecule has 8 aromatic carbocycles. The van der Waals surface area contributed by atoms with Gasteiger partial charge in [-0.2, -0.15) is 0 Å². The predicted molar refractivity (Wildman–Crippen MR) is 322 cm³/mol. The van der Waals surface area contributed by atoms with Gasteiger partial charge in [0, 0.05) is 24.3 Å². The van der Waals surface area contributed by atoms with Crippen LogP contribution in [0, 0.1) is 0 Å². The van der Waals surface area contributed by atoms with Gasteiger partial charge in [-0.25, -0.2) is 0 Å². The number of ether oxygens (including phenoxy) is 6. The van der Waals surface area contributed by atoms with Crippen molar-refractivity contribution in [2.75, 3.05) is 26.4 Å².